The minimum absolute atomic E-state index is 0.0893. The van der Waals surface area contributed by atoms with Gasteiger partial charge in [0, 0.05) is 5.92 Å². The Balaban J connectivity index is 1.65. The van der Waals surface area contributed by atoms with Gasteiger partial charge in [-0.25, -0.2) is 9.59 Å². The molecule has 1 aliphatic carbocycles. The Morgan fingerprint density at radius 3 is 1.94 bits per heavy atom. The fraction of sp³-hybridized carbons (Fsp3) is 0.259. The number of carboxylic acid groups (broad SMARTS) is 1. The fourth-order valence-corrected chi connectivity index (χ4v) is 4.77. The molecule has 0 bridgehead atoms. The second-order valence-electron chi connectivity index (χ2n) is 8.44. The van der Waals surface area contributed by atoms with Crippen molar-refractivity contribution in [2.75, 3.05) is 11.5 Å². The number of hydrogen-bond donors (Lipinski definition) is 1. The highest BCUT2D eigenvalue weighted by Gasteiger charge is 2.33. The molecule has 0 unspecified atom stereocenters. The first-order valence-corrected chi connectivity index (χ1v) is 10.7. The number of carbonyl (C=O) groups excluding carboxylic acids is 1. The number of rotatable bonds is 5. The van der Waals surface area contributed by atoms with Gasteiger partial charge in [-0.1, -0.05) is 66.2 Å². The van der Waals surface area contributed by atoms with Crippen LogP contribution in [0.15, 0.2) is 60.7 Å². The summed E-state index contributed by atoms with van der Waals surface area (Å²) in [4.78, 5) is 26.4. The van der Waals surface area contributed by atoms with Gasteiger partial charge in [-0.2, -0.15) is 0 Å². The van der Waals surface area contributed by atoms with E-state index in [1.807, 2.05) is 57.2 Å². The maximum Gasteiger partial charge on any atom is 0.415 e. The van der Waals surface area contributed by atoms with Gasteiger partial charge in [0.1, 0.15) is 12.6 Å². The Morgan fingerprint density at radius 1 is 0.938 bits per heavy atom. The standard InChI is InChI=1S/C27H27NO4/c1-16-13-17(2)25(18(3)14-16)28(19(4)26(29)30)27(31)32-15-24-22-11-7-5-9-20(22)21-10-6-8-12-23(21)24/h5-14,19,24H,15H2,1-4H3,(H,29,30)/t19-/m0/s1. The summed E-state index contributed by atoms with van der Waals surface area (Å²) in [6, 6.07) is 19.1. The third-order valence-corrected chi connectivity index (χ3v) is 6.15. The van der Waals surface area contributed by atoms with Crippen LogP contribution in [0.25, 0.3) is 11.1 Å². The number of benzene rings is 3. The molecule has 3 aromatic carbocycles. The van der Waals surface area contributed by atoms with Gasteiger partial charge in [-0.05, 0) is 61.1 Å². The van der Waals surface area contributed by atoms with Gasteiger partial charge in [0.15, 0.2) is 0 Å². The normalized spacial score (nSPS) is 13.2. The molecule has 0 saturated heterocycles. The summed E-state index contributed by atoms with van der Waals surface area (Å²) in [6.45, 7) is 7.38. The number of anilines is 1. The average molecular weight is 430 g/mol. The van der Waals surface area contributed by atoms with Crippen molar-refractivity contribution < 1.29 is 19.4 Å². The third kappa shape index (κ3) is 3.75. The summed E-state index contributed by atoms with van der Waals surface area (Å²) >= 11 is 0. The molecule has 0 aliphatic heterocycles. The van der Waals surface area contributed by atoms with Crippen LogP contribution in [0.1, 0.15) is 40.7 Å². The number of aliphatic carboxylic acids is 1. The first kappa shape index (κ1) is 21.6. The minimum Gasteiger partial charge on any atom is -0.480 e. The number of amides is 1. The summed E-state index contributed by atoms with van der Waals surface area (Å²) in [5.74, 6) is -1.17. The zero-order valence-corrected chi connectivity index (χ0v) is 18.8. The van der Waals surface area contributed by atoms with E-state index in [-0.39, 0.29) is 12.5 Å². The zero-order chi connectivity index (χ0) is 23.0. The lowest BCUT2D eigenvalue weighted by Gasteiger charge is -2.29. The molecule has 0 heterocycles. The highest BCUT2D eigenvalue weighted by atomic mass is 16.6. The molecule has 1 amide bonds. The molecule has 0 aromatic heterocycles. The van der Waals surface area contributed by atoms with Crippen LogP contribution in [0.3, 0.4) is 0 Å². The van der Waals surface area contributed by atoms with Crippen LogP contribution in [-0.4, -0.2) is 29.8 Å². The Morgan fingerprint density at radius 2 is 1.44 bits per heavy atom. The van der Waals surface area contributed by atoms with Crippen LogP contribution in [-0.2, 0) is 9.53 Å². The van der Waals surface area contributed by atoms with Gasteiger partial charge >= 0.3 is 12.1 Å². The fourth-order valence-electron chi connectivity index (χ4n) is 4.77. The quantitative estimate of drug-likeness (QED) is 0.553. The van der Waals surface area contributed by atoms with Gasteiger partial charge in [-0.3, -0.25) is 4.90 Å². The van der Waals surface area contributed by atoms with Gasteiger partial charge in [0.05, 0.1) is 5.69 Å². The van der Waals surface area contributed by atoms with Crippen molar-refractivity contribution in [1.29, 1.82) is 0 Å². The van der Waals surface area contributed by atoms with Gasteiger partial charge < -0.3 is 9.84 Å². The lowest BCUT2D eigenvalue weighted by atomic mass is 9.98. The van der Waals surface area contributed by atoms with Gasteiger partial charge in [0.2, 0.25) is 0 Å². The Bertz CT molecular complexity index is 1130. The van der Waals surface area contributed by atoms with E-state index in [9.17, 15) is 14.7 Å². The van der Waals surface area contributed by atoms with Crippen molar-refractivity contribution in [3.8, 4) is 11.1 Å². The molecule has 32 heavy (non-hydrogen) atoms. The number of nitrogens with zero attached hydrogens (tertiary/aromatic N) is 1. The van der Waals surface area contributed by atoms with E-state index in [0.717, 1.165) is 38.9 Å². The minimum atomic E-state index is -1.09. The van der Waals surface area contributed by atoms with Crippen LogP contribution in [0.5, 0.6) is 0 Å². The van der Waals surface area contributed by atoms with Crippen molar-refractivity contribution >= 4 is 17.7 Å². The first-order chi connectivity index (χ1) is 15.3. The van der Waals surface area contributed by atoms with E-state index in [1.54, 1.807) is 0 Å². The summed E-state index contributed by atoms with van der Waals surface area (Å²) in [7, 11) is 0. The average Bonchev–Trinajstić information content (AvgIpc) is 3.07. The molecule has 1 aliphatic rings. The molecule has 0 radical (unpaired) electrons. The first-order valence-electron chi connectivity index (χ1n) is 10.7. The molecular weight excluding hydrogens is 402 g/mol. The zero-order valence-electron chi connectivity index (χ0n) is 18.8. The molecule has 164 valence electrons. The van der Waals surface area contributed by atoms with Gasteiger partial charge in [0.25, 0.3) is 0 Å². The van der Waals surface area contributed by atoms with Crippen molar-refractivity contribution in [3.05, 3.63) is 88.5 Å². The predicted molar refractivity (Wildman–Crippen MR) is 125 cm³/mol. The SMILES string of the molecule is Cc1cc(C)c(N(C(=O)OCC2c3ccccc3-c3ccccc32)[C@@H](C)C(=O)O)c(C)c1. The third-order valence-electron chi connectivity index (χ3n) is 6.15. The van der Waals surface area contributed by atoms with E-state index in [2.05, 4.69) is 24.3 Å². The van der Waals surface area contributed by atoms with Crippen molar-refractivity contribution in [2.24, 2.45) is 0 Å². The van der Waals surface area contributed by atoms with Crippen molar-refractivity contribution in [1.82, 2.24) is 0 Å². The van der Waals surface area contributed by atoms with Crippen LogP contribution in [0.4, 0.5) is 10.5 Å². The number of ether oxygens (including phenoxy) is 1. The van der Waals surface area contributed by atoms with E-state index >= 15 is 0 Å². The second-order valence-corrected chi connectivity index (χ2v) is 8.44. The maximum atomic E-state index is 13.3. The number of carbonyl (C=O) groups is 2. The lowest BCUT2D eigenvalue weighted by Crippen LogP contribution is -2.45. The number of carboxylic acids is 1. The molecule has 3 aromatic rings. The van der Waals surface area contributed by atoms with Crippen LogP contribution >= 0.6 is 0 Å². The highest BCUT2D eigenvalue weighted by Crippen LogP contribution is 2.44. The topological polar surface area (TPSA) is 66.8 Å². The lowest BCUT2D eigenvalue weighted by molar-refractivity contribution is -0.138. The summed E-state index contributed by atoms with van der Waals surface area (Å²) < 4.78 is 5.79. The molecular formula is C27H27NO4. The van der Waals surface area contributed by atoms with Gasteiger partial charge in [-0.15, -0.1) is 0 Å². The molecule has 4 rings (SSSR count). The summed E-state index contributed by atoms with van der Waals surface area (Å²) in [5.41, 5.74) is 7.83. The van der Waals surface area contributed by atoms with E-state index in [4.69, 9.17) is 4.74 Å². The summed E-state index contributed by atoms with van der Waals surface area (Å²) in [6.07, 6.45) is -0.656. The van der Waals surface area contributed by atoms with Crippen LogP contribution in [0.2, 0.25) is 0 Å². The number of fused-ring (bicyclic) bond motifs is 3. The van der Waals surface area contributed by atoms with E-state index in [1.165, 1.54) is 11.8 Å². The Hall–Kier alpha value is -3.60. The number of hydrogen-bond acceptors (Lipinski definition) is 3. The Kier molecular flexibility index (Phi) is 5.74. The predicted octanol–water partition coefficient (Wildman–Crippen LogP) is 5.84. The molecule has 1 atom stereocenters. The molecule has 5 nitrogen and oxygen atoms in total. The largest absolute Gasteiger partial charge is 0.480 e. The van der Waals surface area contributed by atoms with Crippen molar-refractivity contribution in [2.45, 2.75) is 39.7 Å². The Labute approximate surface area is 188 Å². The van der Waals surface area contributed by atoms with Crippen LogP contribution in [0, 0.1) is 20.8 Å². The molecule has 1 N–H and O–H groups in total. The van der Waals surface area contributed by atoms with E-state index in [0.29, 0.717) is 5.69 Å². The molecule has 0 spiro atoms. The van der Waals surface area contributed by atoms with E-state index < -0.39 is 18.1 Å². The molecule has 0 saturated carbocycles. The maximum absolute atomic E-state index is 13.3. The monoisotopic (exact) mass is 429 g/mol. The second kappa shape index (κ2) is 8.50. The smallest absolute Gasteiger partial charge is 0.415 e. The highest BCUT2D eigenvalue weighted by molar-refractivity contribution is 5.96. The molecule has 5 heteroatoms. The number of aryl methyl sites for hydroxylation is 3. The van der Waals surface area contributed by atoms with Crippen molar-refractivity contribution in [3.63, 3.8) is 0 Å². The summed E-state index contributed by atoms with van der Waals surface area (Å²) in [5, 5.41) is 9.69. The molecule has 0 fully saturated rings. The van der Waals surface area contributed by atoms with Crippen LogP contribution < -0.4 is 4.90 Å².